The van der Waals surface area contributed by atoms with Gasteiger partial charge in [-0.05, 0) is 151 Å². The van der Waals surface area contributed by atoms with E-state index in [2.05, 4.69) is 67.7 Å². The lowest BCUT2D eigenvalue weighted by molar-refractivity contribution is -0.161. The Bertz CT molecular complexity index is 3350. The molecule has 20 heteroatoms. The van der Waals surface area contributed by atoms with Gasteiger partial charge in [-0.1, -0.05) is 113 Å². The van der Waals surface area contributed by atoms with Crippen molar-refractivity contribution in [1.82, 2.24) is 52.1 Å². The zero-order chi connectivity index (χ0) is 64.4. The molecule has 470 valence electrons. The molecular weight excluding hydrogens is 1120 g/mol. The molecule has 3 aliphatic heterocycles. The summed E-state index contributed by atoms with van der Waals surface area (Å²) >= 11 is 0. The SMILES string of the molecule is C=Cc1cc2cc([C@@H](C)NC(=O)[C@@H]3CCCN(C(=O)[C@H](C)NC(=O)[C@@H](OC(=O)C(C)/C=C/C)C(C)C)N3)ccc2cn1.CC1/C=C/c2cc3cc(ccc3cn2)[C@@H](C)NC(=O)[C@@H]2CCCN(N2)C(=O)[C@H](C)NC(=O)[C@H](C(C)C)OC1=O.Cc1ccccc1. The molecule has 10 atom stereocenters. The molecule has 3 aliphatic rings. The summed E-state index contributed by atoms with van der Waals surface area (Å²) in [5, 5.41) is 18.1. The van der Waals surface area contributed by atoms with Gasteiger partial charge in [0.25, 0.3) is 23.6 Å². The van der Waals surface area contributed by atoms with Gasteiger partial charge in [0.05, 0.1) is 35.3 Å². The third-order valence-electron chi connectivity index (χ3n) is 15.4. The van der Waals surface area contributed by atoms with Crippen molar-refractivity contribution in [2.75, 3.05) is 13.1 Å². The number of rotatable bonds is 12. The average molecular weight is 1210 g/mol. The van der Waals surface area contributed by atoms with Crippen molar-refractivity contribution in [3.05, 3.63) is 144 Å². The number of nitrogens with one attached hydrogen (secondary N) is 6. The maximum Gasteiger partial charge on any atom is 0.313 e. The number of aryl methyl sites for hydroxylation is 1. The first kappa shape index (κ1) is 68.5. The van der Waals surface area contributed by atoms with E-state index in [1.54, 1.807) is 105 Å². The van der Waals surface area contributed by atoms with Crippen molar-refractivity contribution in [2.24, 2.45) is 23.7 Å². The van der Waals surface area contributed by atoms with Gasteiger partial charge >= 0.3 is 11.9 Å². The summed E-state index contributed by atoms with van der Waals surface area (Å²) in [7, 11) is 0. The Morgan fingerprint density at radius 1 is 0.761 bits per heavy atom. The minimum Gasteiger partial charge on any atom is -0.452 e. The molecule has 0 saturated carbocycles. The van der Waals surface area contributed by atoms with Gasteiger partial charge in [0.15, 0.2) is 12.2 Å². The van der Waals surface area contributed by atoms with Crippen LogP contribution in [0.3, 0.4) is 0 Å². The number of cyclic esters (lactones) is 1. The number of nitrogens with zero attached hydrogens (tertiary/aromatic N) is 4. The van der Waals surface area contributed by atoms with E-state index in [1.165, 1.54) is 15.6 Å². The number of carbonyl (C=O) groups is 8. The number of pyridine rings is 2. The molecule has 8 rings (SSSR count). The van der Waals surface area contributed by atoms with Crippen molar-refractivity contribution in [1.29, 1.82) is 0 Å². The van der Waals surface area contributed by atoms with E-state index in [0.29, 0.717) is 44.5 Å². The van der Waals surface area contributed by atoms with Gasteiger partial charge in [-0.25, -0.2) is 10.9 Å². The number of hydrogen-bond acceptors (Lipinski definition) is 14. The number of carbonyl (C=O) groups excluding carboxylic acids is 8. The summed E-state index contributed by atoms with van der Waals surface area (Å²) in [4.78, 5) is 113. The highest BCUT2D eigenvalue weighted by atomic mass is 16.6. The van der Waals surface area contributed by atoms with Crippen LogP contribution in [0.15, 0.2) is 116 Å². The fourth-order valence-electron chi connectivity index (χ4n) is 10.0. The number of hydrogen-bond donors (Lipinski definition) is 6. The number of benzene rings is 3. The summed E-state index contributed by atoms with van der Waals surface area (Å²) in [6.07, 6.45) is 12.4. The van der Waals surface area contributed by atoms with Crippen molar-refractivity contribution in [2.45, 2.75) is 157 Å². The number of hydrazine groups is 2. The van der Waals surface area contributed by atoms with Crippen molar-refractivity contribution in [3.63, 3.8) is 0 Å². The standard InChI is InChI=1S/C32H43N5O5.C29H37N5O5.C7H8/c1-8-11-20(5)32(41)42-28(19(3)4)30(39)35-22(7)31(40)37-15-10-12-27(36-37)29(38)34-21(6)23-13-14-24-18-33-26(9-2)17-25(24)16-23;1-16(2)25-27(36)32-19(5)28(37)34-12-6-7-24(33-34)26(35)31-18(4)20-9-10-21-15-30-23(14-22(21)13-20)11-8-17(3)29(38)39-25;1-7-5-3-2-4-6-7/h8-9,11,13-14,16-22,27-28,36H,2,10,12,15H2,1,3-7H3,(H,34,38)(H,35,39);8-11,13-19,24-25,33H,6-7,12H2,1-5H3,(H,31,35)(H,32,36);2-6H,1H3/b2*11-8+;/t20?,21-,22+,27+,28+;17?,18-,19+,24+,25+;/m11./s1. The maximum absolute atomic E-state index is 13.2. The van der Waals surface area contributed by atoms with Crippen LogP contribution in [-0.4, -0.2) is 117 Å². The van der Waals surface area contributed by atoms with Crippen LogP contribution in [0.4, 0.5) is 0 Å². The lowest BCUT2D eigenvalue weighted by atomic mass is 10.0. The monoisotopic (exact) mass is 1200 g/mol. The normalized spacial score (nSPS) is 21.9. The molecule has 0 aliphatic carbocycles. The summed E-state index contributed by atoms with van der Waals surface area (Å²) < 4.78 is 11.1. The number of fused-ring (bicyclic) bond motifs is 5. The molecule has 3 aromatic carbocycles. The Hall–Kier alpha value is -8.62. The Balaban J connectivity index is 0.000000252. The van der Waals surface area contributed by atoms with Gasteiger partial charge in [-0.2, -0.15) is 0 Å². The molecule has 5 bridgehead atoms. The Morgan fingerprint density at radius 2 is 1.43 bits per heavy atom. The molecule has 5 heterocycles. The molecule has 0 radical (unpaired) electrons. The molecule has 0 spiro atoms. The number of allylic oxidation sites excluding steroid dienone is 1. The van der Waals surface area contributed by atoms with E-state index in [-0.39, 0.29) is 47.5 Å². The average Bonchev–Trinajstić information content (AvgIpc) is 3.45. The van der Waals surface area contributed by atoms with Gasteiger partial charge in [-0.3, -0.25) is 58.3 Å². The van der Waals surface area contributed by atoms with Crippen LogP contribution in [0.25, 0.3) is 33.7 Å². The zero-order valence-electron chi connectivity index (χ0n) is 52.8. The molecule has 2 aromatic heterocycles. The highest BCUT2D eigenvalue weighted by Gasteiger charge is 2.36. The predicted molar refractivity (Wildman–Crippen MR) is 340 cm³/mol. The molecule has 20 nitrogen and oxygen atoms in total. The summed E-state index contributed by atoms with van der Waals surface area (Å²) in [5.41, 5.74) is 10.7. The van der Waals surface area contributed by atoms with Crippen molar-refractivity contribution < 1.29 is 47.8 Å². The van der Waals surface area contributed by atoms with Gasteiger partial charge in [0.2, 0.25) is 11.8 Å². The van der Waals surface area contributed by atoms with Crippen molar-refractivity contribution in [3.8, 4) is 0 Å². The quantitative estimate of drug-likeness (QED) is 0.0506. The molecule has 5 aromatic rings. The second kappa shape index (κ2) is 32.4. The molecule has 2 saturated heterocycles. The van der Waals surface area contributed by atoms with Crippen LogP contribution in [0, 0.1) is 30.6 Å². The minimum absolute atomic E-state index is 0.207. The fraction of sp³-hybridized carbons (Fsp3) is 0.441. The number of esters is 2. The Morgan fingerprint density at radius 3 is 2.09 bits per heavy atom. The van der Waals surface area contributed by atoms with Crippen LogP contribution >= 0.6 is 0 Å². The Labute approximate surface area is 517 Å². The number of ether oxygens (including phenoxy) is 2. The summed E-state index contributed by atoms with van der Waals surface area (Å²) in [6, 6.07) is 22.5. The van der Waals surface area contributed by atoms with E-state index in [4.69, 9.17) is 9.47 Å². The number of amides is 6. The van der Waals surface area contributed by atoms with Crippen LogP contribution in [0.5, 0.6) is 0 Å². The van der Waals surface area contributed by atoms with Crippen LogP contribution in [0.2, 0.25) is 0 Å². The van der Waals surface area contributed by atoms with E-state index in [0.717, 1.165) is 38.4 Å². The van der Waals surface area contributed by atoms with E-state index in [9.17, 15) is 38.4 Å². The van der Waals surface area contributed by atoms with Gasteiger partial charge in [-0.15, -0.1) is 0 Å². The fourth-order valence-corrected chi connectivity index (χ4v) is 10.0. The molecular formula is C68H88N10O10. The van der Waals surface area contributed by atoms with E-state index in [1.807, 2.05) is 80.6 Å². The summed E-state index contributed by atoms with van der Waals surface area (Å²) in [5.74, 6) is -5.05. The van der Waals surface area contributed by atoms with Gasteiger partial charge < -0.3 is 30.7 Å². The van der Waals surface area contributed by atoms with Gasteiger partial charge in [0, 0.05) is 36.3 Å². The zero-order valence-corrected chi connectivity index (χ0v) is 52.8. The van der Waals surface area contributed by atoms with E-state index >= 15 is 0 Å². The number of aromatic nitrogens is 2. The largest absolute Gasteiger partial charge is 0.452 e. The highest BCUT2D eigenvalue weighted by molar-refractivity contribution is 5.93. The van der Waals surface area contributed by atoms with E-state index < -0.39 is 72.0 Å². The third kappa shape index (κ3) is 19.2. The first-order valence-electron chi connectivity index (χ1n) is 30.4. The maximum atomic E-state index is 13.2. The van der Waals surface area contributed by atoms with Crippen LogP contribution in [0.1, 0.15) is 142 Å². The molecule has 88 heavy (non-hydrogen) atoms. The molecule has 2 fully saturated rings. The smallest absolute Gasteiger partial charge is 0.313 e. The molecule has 2 unspecified atom stereocenters. The predicted octanol–water partition coefficient (Wildman–Crippen LogP) is 8.47. The van der Waals surface area contributed by atoms with Gasteiger partial charge in [0.1, 0.15) is 24.2 Å². The lowest BCUT2D eigenvalue weighted by Crippen LogP contribution is -2.61. The first-order chi connectivity index (χ1) is 41.9. The van der Waals surface area contributed by atoms with Crippen molar-refractivity contribution >= 4 is 81.1 Å². The second-order valence-corrected chi connectivity index (χ2v) is 23.5. The third-order valence-corrected chi connectivity index (χ3v) is 15.4. The summed E-state index contributed by atoms with van der Waals surface area (Å²) in [6.45, 7) is 25.9. The second-order valence-electron chi connectivity index (χ2n) is 23.5. The topological polar surface area (TPSA) is 259 Å². The van der Waals surface area contributed by atoms with Crippen LogP contribution in [-0.2, 0) is 47.8 Å². The molecule has 6 N–H and O–H groups in total. The Kier molecular flexibility index (Phi) is 25.2. The van der Waals surface area contributed by atoms with Crippen LogP contribution < -0.4 is 32.1 Å². The molecule has 6 amide bonds. The minimum atomic E-state index is -1.07. The lowest BCUT2D eigenvalue weighted by Gasteiger charge is -2.35. The first-order valence-corrected chi connectivity index (χ1v) is 30.4. The highest BCUT2D eigenvalue weighted by Crippen LogP contribution is 2.25.